The molecule has 1 saturated carbocycles. The number of benzene rings is 2. The van der Waals surface area contributed by atoms with Crippen molar-refractivity contribution in [3.05, 3.63) is 88.3 Å². The summed E-state index contributed by atoms with van der Waals surface area (Å²) < 4.78 is 10.8. The molecule has 33 heavy (non-hydrogen) atoms. The van der Waals surface area contributed by atoms with Crippen LogP contribution in [-0.2, 0) is 20.7 Å². The van der Waals surface area contributed by atoms with Crippen LogP contribution in [0.25, 0.3) is 4.91 Å². The Kier molecular flexibility index (Phi) is 7.35. The molecule has 4 heteroatoms. The average molecular weight is 463 g/mol. The van der Waals surface area contributed by atoms with Crippen molar-refractivity contribution in [2.24, 2.45) is 0 Å². The Labute approximate surface area is 200 Å². The zero-order chi connectivity index (χ0) is 23.4. The van der Waals surface area contributed by atoms with Crippen molar-refractivity contribution >= 4 is 27.2 Å². The molecule has 1 aliphatic heterocycles. The van der Waals surface area contributed by atoms with Crippen LogP contribution >= 0.6 is 10.5 Å². The smallest absolute Gasteiger partial charge is 0.306 e. The van der Waals surface area contributed by atoms with Gasteiger partial charge in [-0.1, -0.05) is 60.5 Å². The van der Waals surface area contributed by atoms with Crippen LogP contribution in [0.3, 0.4) is 0 Å². The molecule has 0 amide bonds. The molecule has 2 aromatic rings. The molecular weight excluding hydrogens is 428 g/mol. The number of ether oxygens (including phenoxy) is 2. The third-order valence-electron chi connectivity index (χ3n) is 6.09. The normalized spacial score (nSPS) is 21.7. The Hall–Kier alpha value is -2.43. The molecule has 2 unspecified atom stereocenters. The van der Waals surface area contributed by atoms with Gasteiger partial charge in [0.1, 0.15) is 6.61 Å². The number of aryl methyl sites for hydroxylation is 1. The van der Waals surface area contributed by atoms with Crippen LogP contribution < -0.4 is 0 Å². The first-order valence-corrected chi connectivity index (χ1v) is 13.2. The molecule has 1 heterocycles. The zero-order valence-corrected chi connectivity index (χ0v) is 20.7. The summed E-state index contributed by atoms with van der Waals surface area (Å²) >= 11 is 0. The summed E-state index contributed by atoms with van der Waals surface area (Å²) in [6, 6.07) is 17.8. The number of hydrogen-bond donors (Lipinski definition) is 0. The minimum Gasteiger partial charge on any atom is -0.463 e. The van der Waals surface area contributed by atoms with Gasteiger partial charge in [-0.3, -0.25) is 4.79 Å². The van der Waals surface area contributed by atoms with Gasteiger partial charge in [0, 0.05) is 11.3 Å². The lowest BCUT2D eigenvalue weighted by Gasteiger charge is -2.19. The summed E-state index contributed by atoms with van der Waals surface area (Å²) in [5.41, 5.74) is 5.05. The number of allylic oxidation sites excluding steroid dienone is 2. The van der Waals surface area contributed by atoms with Crippen molar-refractivity contribution in [3.63, 3.8) is 0 Å². The Morgan fingerprint density at radius 3 is 2.21 bits per heavy atom. The highest BCUT2D eigenvalue weighted by molar-refractivity contribution is 8.24. The van der Waals surface area contributed by atoms with Gasteiger partial charge in [-0.25, -0.2) is 0 Å². The van der Waals surface area contributed by atoms with Gasteiger partial charge in [0.25, 0.3) is 0 Å². The molecular formula is C29H34O3S. The minimum atomic E-state index is -0.208. The molecule has 0 N–H and O–H groups in total. The van der Waals surface area contributed by atoms with Crippen LogP contribution in [0.15, 0.2) is 66.1 Å². The molecule has 0 radical (unpaired) electrons. The SMILES string of the molecule is C=S1C=CC=C1c1ccc(C2C[C@@H]2c2ccc(CCC(=O)OCCOC(C)(C)C)cc2)cc1. The Morgan fingerprint density at radius 1 is 1.00 bits per heavy atom. The number of rotatable bonds is 9. The van der Waals surface area contributed by atoms with Crippen LogP contribution in [0.2, 0.25) is 0 Å². The fourth-order valence-electron chi connectivity index (χ4n) is 4.21. The second-order valence-electron chi connectivity index (χ2n) is 9.78. The van der Waals surface area contributed by atoms with Crippen molar-refractivity contribution < 1.29 is 14.3 Å². The second kappa shape index (κ2) is 10.2. The number of carbonyl (C=O) groups excluding carboxylic acids is 1. The van der Waals surface area contributed by atoms with E-state index < -0.39 is 0 Å². The van der Waals surface area contributed by atoms with E-state index in [2.05, 4.69) is 72.0 Å². The van der Waals surface area contributed by atoms with Gasteiger partial charge in [0.15, 0.2) is 0 Å². The highest BCUT2D eigenvalue weighted by Crippen LogP contribution is 2.54. The van der Waals surface area contributed by atoms with Crippen LogP contribution in [0.5, 0.6) is 0 Å². The first kappa shape index (κ1) is 23.7. The molecule has 2 aromatic carbocycles. The average Bonchev–Trinajstić information content (AvgIpc) is 3.48. The van der Waals surface area contributed by atoms with Gasteiger partial charge in [-0.05, 0) is 79.2 Å². The summed E-state index contributed by atoms with van der Waals surface area (Å²) in [6.07, 6.45) is 6.58. The van der Waals surface area contributed by atoms with Gasteiger partial charge in [-0.15, -0.1) is 10.5 Å². The summed E-state index contributed by atoms with van der Waals surface area (Å²) in [6.45, 7) is 6.71. The quantitative estimate of drug-likeness (QED) is 0.233. The van der Waals surface area contributed by atoms with E-state index in [1.54, 1.807) is 0 Å². The largest absolute Gasteiger partial charge is 0.463 e. The molecule has 0 aromatic heterocycles. The van der Waals surface area contributed by atoms with E-state index in [9.17, 15) is 4.79 Å². The summed E-state index contributed by atoms with van der Waals surface area (Å²) in [5, 5.41) is 2.16. The number of carbonyl (C=O) groups is 1. The summed E-state index contributed by atoms with van der Waals surface area (Å²) in [5.74, 6) is 5.24. The number of hydrogen-bond acceptors (Lipinski definition) is 3. The van der Waals surface area contributed by atoms with E-state index in [1.807, 2.05) is 20.8 Å². The molecule has 174 valence electrons. The van der Waals surface area contributed by atoms with Gasteiger partial charge in [-0.2, -0.15) is 0 Å². The summed E-state index contributed by atoms with van der Waals surface area (Å²) in [7, 11) is -0.0171. The topological polar surface area (TPSA) is 35.5 Å². The van der Waals surface area contributed by atoms with Crippen LogP contribution in [0.4, 0.5) is 0 Å². The molecule has 0 saturated heterocycles. The highest BCUT2D eigenvalue weighted by Gasteiger charge is 2.39. The predicted molar refractivity (Wildman–Crippen MR) is 140 cm³/mol. The molecule has 0 spiro atoms. The molecule has 4 rings (SSSR count). The lowest BCUT2D eigenvalue weighted by Crippen LogP contribution is -2.22. The van der Waals surface area contributed by atoms with E-state index in [1.165, 1.54) is 33.6 Å². The van der Waals surface area contributed by atoms with Crippen molar-refractivity contribution in [1.29, 1.82) is 0 Å². The fraction of sp³-hybridized carbons (Fsp3) is 0.379. The van der Waals surface area contributed by atoms with Gasteiger partial charge < -0.3 is 9.47 Å². The van der Waals surface area contributed by atoms with Crippen LogP contribution in [-0.4, -0.2) is 30.7 Å². The summed E-state index contributed by atoms with van der Waals surface area (Å²) in [4.78, 5) is 13.3. The third-order valence-corrected chi connectivity index (χ3v) is 7.52. The van der Waals surface area contributed by atoms with E-state index in [4.69, 9.17) is 9.47 Å². The van der Waals surface area contributed by atoms with Crippen molar-refractivity contribution in [2.45, 2.75) is 57.5 Å². The van der Waals surface area contributed by atoms with Crippen LogP contribution in [0.1, 0.15) is 67.7 Å². The lowest BCUT2D eigenvalue weighted by atomic mass is 10.0. The number of esters is 1. The van der Waals surface area contributed by atoms with Gasteiger partial charge in [0.05, 0.1) is 12.2 Å². The first-order chi connectivity index (χ1) is 15.8. The van der Waals surface area contributed by atoms with Gasteiger partial charge >= 0.3 is 5.97 Å². The molecule has 0 bridgehead atoms. The standard InChI is InChI=1S/C29H34O3S/c1-29(2,3)32-18-17-31-28(30)16-9-21-7-10-22(11-8-21)25-20-26(25)23-12-14-24(15-13-23)27-6-5-19-33(27)4/h5-8,10-15,19,25-26H,4,9,16-18,20H2,1-3H3/t25-,26?,33?/m1/s1. The Morgan fingerprint density at radius 2 is 1.64 bits per heavy atom. The first-order valence-electron chi connectivity index (χ1n) is 11.7. The molecule has 3 atom stereocenters. The third kappa shape index (κ3) is 6.55. The van der Waals surface area contributed by atoms with E-state index in [-0.39, 0.29) is 22.1 Å². The van der Waals surface area contributed by atoms with Crippen molar-refractivity contribution in [3.8, 4) is 0 Å². The van der Waals surface area contributed by atoms with E-state index >= 15 is 0 Å². The lowest BCUT2D eigenvalue weighted by molar-refractivity contribution is -0.146. The molecule has 1 aliphatic carbocycles. The van der Waals surface area contributed by atoms with Crippen molar-refractivity contribution in [2.75, 3.05) is 13.2 Å². The Balaban J connectivity index is 1.22. The Bertz CT molecular complexity index is 1060. The molecule has 1 fully saturated rings. The van der Waals surface area contributed by atoms with Crippen LogP contribution in [0, 0.1) is 0 Å². The van der Waals surface area contributed by atoms with Crippen molar-refractivity contribution in [1.82, 2.24) is 0 Å². The molecule has 3 nitrogen and oxygen atoms in total. The van der Waals surface area contributed by atoms with E-state index in [0.29, 0.717) is 37.9 Å². The maximum Gasteiger partial charge on any atom is 0.306 e. The highest BCUT2D eigenvalue weighted by atomic mass is 32.2. The molecule has 2 aliphatic rings. The predicted octanol–water partition coefficient (Wildman–Crippen LogP) is 6.82. The zero-order valence-electron chi connectivity index (χ0n) is 19.9. The minimum absolute atomic E-state index is 0.0171. The monoisotopic (exact) mass is 462 g/mol. The van der Waals surface area contributed by atoms with E-state index in [0.717, 1.165) is 0 Å². The maximum atomic E-state index is 12.0. The fourth-order valence-corrected chi connectivity index (χ4v) is 5.32. The maximum absolute atomic E-state index is 12.0. The second-order valence-corrected chi connectivity index (χ2v) is 11.4. The van der Waals surface area contributed by atoms with Gasteiger partial charge in [0.2, 0.25) is 0 Å².